The largest absolute Gasteiger partial charge is 0.348 e. The second kappa shape index (κ2) is 13.2. The van der Waals surface area contributed by atoms with Gasteiger partial charge in [-0.2, -0.15) is 10.2 Å². The molecule has 192 valence electrons. The van der Waals surface area contributed by atoms with Crippen LogP contribution in [0.3, 0.4) is 0 Å². The molecule has 0 amide bonds. The summed E-state index contributed by atoms with van der Waals surface area (Å²) < 4.78 is 1.85. The number of rotatable bonds is 3. The lowest BCUT2D eigenvalue weighted by Crippen LogP contribution is -2.17. The molecule has 1 aliphatic rings. The molecule has 0 saturated heterocycles. The fourth-order valence-corrected chi connectivity index (χ4v) is 4.06. The van der Waals surface area contributed by atoms with Gasteiger partial charge in [0, 0.05) is 37.0 Å². The summed E-state index contributed by atoms with van der Waals surface area (Å²) in [4.78, 5) is 7.15. The number of aromatic nitrogens is 5. The Morgan fingerprint density at radius 2 is 1.65 bits per heavy atom. The maximum atomic E-state index is 4.85. The molecule has 0 bridgehead atoms. The highest BCUT2D eigenvalue weighted by Gasteiger charge is 2.22. The minimum absolute atomic E-state index is 0.805. The Bertz CT molecular complexity index is 1400. The van der Waals surface area contributed by atoms with Crippen molar-refractivity contribution in [3.8, 4) is 11.3 Å². The van der Waals surface area contributed by atoms with Gasteiger partial charge in [0.25, 0.3) is 0 Å². The van der Waals surface area contributed by atoms with Gasteiger partial charge in [-0.1, -0.05) is 80.1 Å². The van der Waals surface area contributed by atoms with E-state index >= 15 is 0 Å². The zero-order chi connectivity index (χ0) is 26.8. The predicted molar refractivity (Wildman–Crippen MR) is 154 cm³/mol. The highest BCUT2D eigenvalue weighted by atomic mass is 15.3. The number of nitrogens with one attached hydrogen (secondary N) is 1. The van der Waals surface area contributed by atoms with E-state index in [4.69, 9.17) is 4.98 Å². The molecular weight excluding hydrogens is 458 g/mol. The maximum absolute atomic E-state index is 4.85. The van der Waals surface area contributed by atoms with Crippen LogP contribution in [0.5, 0.6) is 0 Å². The van der Waals surface area contributed by atoms with E-state index in [9.17, 15) is 0 Å². The number of aryl methyl sites for hydroxylation is 2. The third-order valence-corrected chi connectivity index (χ3v) is 5.78. The molecule has 0 atom stereocenters. The van der Waals surface area contributed by atoms with Gasteiger partial charge in [-0.25, -0.2) is 9.50 Å². The Balaban J connectivity index is 0.000000294. The van der Waals surface area contributed by atoms with Crippen LogP contribution in [-0.2, 0) is 13.1 Å². The van der Waals surface area contributed by atoms with Crippen LogP contribution < -0.4 is 10.6 Å². The molecule has 5 aromatic rings. The first-order valence-corrected chi connectivity index (χ1v) is 12.6. The highest BCUT2D eigenvalue weighted by molar-refractivity contribution is 5.68. The second-order valence-electron chi connectivity index (χ2n) is 8.31. The number of fused-ring (bicyclic) bond motifs is 2. The average molecular weight is 496 g/mol. The van der Waals surface area contributed by atoms with E-state index in [1.54, 1.807) is 12.3 Å². The number of hydrogen-bond acceptors (Lipinski definition) is 5. The number of aromatic amines is 1. The molecule has 0 fully saturated rings. The van der Waals surface area contributed by atoms with Crippen molar-refractivity contribution in [1.29, 1.82) is 0 Å². The number of benzene rings is 2. The van der Waals surface area contributed by atoms with E-state index in [1.807, 2.05) is 48.8 Å². The van der Waals surface area contributed by atoms with Crippen LogP contribution in [0, 0.1) is 13.8 Å². The third kappa shape index (κ3) is 6.51. The molecule has 0 saturated carbocycles. The van der Waals surface area contributed by atoms with Gasteiger partial charge < -0.3 is 10.6 Å². The van der Waals surface area contributed by atoms with Crippen molar-refractivity contribution in [2.75, 3.05) is 11.9 Å². The van der Waals surface area contributed by atoms with E-state index < -0.39 is 0 Å². The van der Waals surface area contributed by atoms with Gasteiger partial charge >= 0.3 is 0 Å². The van der Waals surface area contributed by atoms with Crippen LogP contribution in [0.2, 0.25) is 0 Å². The lowest BCUT2D eigenvalue weighted by molar-refractivity contribution is 0.846. The predicted octanol–water partition coefficient (Wildman–Crippen LogP) is 6.19. The van der Waals surface area contributed by atoms with Crippen LogP contribution in [0.25, 0.3) is 23.0 Å². The molecule has 4 heterocycles. The Morgan fingerprint density at radius 1 is 0.919 bits per heavy atom. The molecule has 37 heavy (non-hydrogen) atoms. The molecule has 6 rings (SSSR count). The summed E-state index contributed by atoms with van der Waals surface area (Å²) in [5, 5.41) is 11.5. The van der Waals surface area contributed by atoms with Crippen LogP contribution in [-0.4, -0.2) is 31.8 Å². The van der Waals surface area contributed by atoms with Crippen molar-refractivity contribution in [1.82, 2.24) is 24.8 Å². The summed E-state index contributed by atoms with van der Waals surface area (Å²) in [6, 6.07) is 20.9. The fraction of sp³-hybridized carbons (Fsp3) is 0.233. The minimum atomic E-state index is 0.805. The Morgan fingerprint density at radius 3 is 2.27 bits per heavy atom. The summed E-state index contributed by atoms with van der Waals surface area (Å²) in [7, 11) is 1.50. The molecule has 0 spiro atoms. The smallest absolute Gasteiger partial charge is 0.158 e. The van der Waals surface area contributed by atoms with Crippen molar-refractivity contribution in [2.45, 2.75) is 40.8 Å². The first-order valence-electron chi connectivity index (χ1n) is 12.6. The average Bonchev–Trinajstić information content (AvgIpc) is 3.70. The van der Waals surface area contributed by atoms with Crippen LogP contribution >= 0.6 is 0 Å². The molecule has 1 aliphatic heterocycles. The highest BCUT2D eigenvalue weighted by Crippen LogP contribution is 2.31. The molecule has 7 nitrogen and oxygen atoms in total. The van der Waals surface area contributed by atoms with E-state index in [1.165, 1.54) is 29.3 Å². The summed E-state index contributed by atoms with van der Waals surface area (Å²) >= 11 is 0. The lowest BCUT2D eigenvalue weighted by Gasteiger charge is -2.18. The molecular formula is C30H37N7. The first-order chi connectivity index (χ1) is 18.1. The van der Waals surface area contributed by atoms with E-state index in [0.29, 0.717) is 0 Å². The van der Waals surface area contributed by atoms with Gasteiger partial charge in [0.2, 0.25) is 0 Å². The molecule has 0 unspecified atom stereocenters. The normalized spacial score (nSPS) is 11.4. The van der Waals surface area contributed by atoms with E-state index in [0.717, 1.165) is 41.5 Å². The summed E-state index contributed by atoms with van der Waals surface area (Å²) in [6.07, 6.45) is 5.41. The van der Waals surface area contributed by atoms with Crippen molar-refractivity contribution in [3.05, 3.63) is 108 Å². The van der Waals surface area contributed by atoms with Crippen molar-refractivity contribution in [3.63, 3.8) is 0 Å². The van der Waals surface area contributed by atoms with Crippen LogP contribution in [0.15, 0.2) is 79.6 Å². The molecule has 3 aromatic heterocycles. The SMILES string of the molecule is C=Cc1cc2nc(N3Cc4ccc(C)cc4C3)cc(-c3cn[nH]c3)n2n1.CC.CN.Cc1ccccc1. The Labute approximate surface area is 219 Å². The first kappa shape index (κ1) is 27.4. The molecule has 0 radical (unpaired) electrons. The zero-order valence-electron chi connectivity index (χ0n) is 22.4. The van der Waals surface area contributed by atoms with Gasteiger partial charge in [0.15, 0.2) is 5.65 Å². The maximum Gasteiger partial charge on any atom is 0.158 e. The molecule has 2 aromatic carbocycles. The lowest BCUT2D eigenvalue weighted by atomic mass is 10.1. The number of anilines is 1. The number of hydrogen-bond donors (Lipinski definition) is 2. The number of nitrogens with two attached hydrogens (primary N) is 1. The fourth-order valence-electron chi connectivity index (χ4n) is 4.06. The topological polar surface area (TPSA) is 88.1 Å². The molecule has 0 aliphatic carbocycles. The monoisotopic (exact) mass is 495 g/mol. The molecule has 3 N–H and O–H groups in total. The van der Waals surface area contributed by atoms with Gasteiger partial charge in [0.05, 0.1) is 17.6 Å². The summed E-state index contributed by atoms with van der Waals surface area (Å²) in [5.74, 6) is 0.943. The Hall–Kier alpha value is -4.23. The van der Waals surface area contributed by atoms with Crippen molar-refractivity contribution >= 4 is 17.5 Å². The summed E-state index contributed by atoms with van der Waals surface area (Å²) in [5.41, 5.74) is 13.4. The minimum Gasteiger partial charge on any atom is -0.348 e. The van der Waals surface area contributed by atoms with Gasteiger partial charge in [-0.3, -0.25) is 5.10 Å². The second-order valence-corrected chi connectivity index (χ2v) is 8.31. The van der Waals surface area contributed by atoms with Crippen LogP contribution in [0.1, 0.15) is 41.8 Å². The van der Waals surface area contributed by atoms with E-state index in [-0.39, 0.29) is 0 Å². The third-order valence-electron chi connectivity index (χ3n) is 5.78. The number of nitrogens with zero attached hydrogens (tertiary/aromatic N) is 5. The number of H-pyrrole nitrogens is 1. The van der Waals surface area contributed by atoms with Gasteiger partial charge in [-0.05, 0) is 38.1 Å². The van der Waals surface area contributed by atoms with E-state index in [2.05, 4.69) is 82.8 Å². The Kier molecular flexibility index (Phi) is 9.75. The van der Waals surface area contributed by atoms with Crippen molar-refractivity contribution < 1.29 is 0 Å². The quantitative estimate of drug-likeness (QED) is 0.312. The van der Waals surface area contributed by atoms with Crippen LogP contribution in [0.4, 0.5) is 5.82 Å². The van der Waals surface area contributed by atoms with Crippen molar-refractivity contribution in [2.24, 2.45) is 5.73 Å². The molecule has 7 heteroatoms. The standard InChI is InChI=1S/C20H18N6.C7H8.C2H6.CH5N/c1-3-17-7-20-23-19(8-18(26(20)24-17)16-9-21-22-10-16)25-11-14-5-4-13(2)6-15(14)12-25;1-7-5-3-2-4-6-7;2*1-2/h3-10H,1,11-12H2,2H3,(H,21,22);2-6H,1H3;1-2H3;2H2,1H3. The summed E-state index contributed by atoms with van der Waals surface area (Å²) in [6.45, 7) is 13.8. The van der Waals surface area contributed by atoms with Gasteiger partial charge in [-0.15, -0.1) is 0 Å². The zero-order valence-corrected chi connectivity index (χ0v) is 22.4. The van der Waals surface area contributed by atoms with Gasteiger partial charge in [0.1, 0.15) is 5.82 Å².